The standard InChI is InChI=1S/C10H10N2O2S/c11-15(13,14)6-4-8-1-2-10-9(7-8)3-5-12-10/h1-7,12H,(H2,11,13,14)/b6-4+. The molecule has 2 rings (SSSR count). The Labute approximate surface area is 87.5 Å². The maximum Gasteiger partial charge on any atom is 0.231 e. The summed E-state index contributed by atoms with van der Waals surface area (Å²) in [6.07, 6.45) is 3.31. The number of aromatic nitrogens is 1. The Morgan fingerprint density at radius 2 is 2.07 bits per heavy atom. The highest BCUT2D eigenvalue weighted by Crippen LogP contribution is 2.15. The van der Waals surface area contributed by atoms with E-state index in [-0.39, 0.29) is 0 Å². The molecule has 0 amide bonds. The van der Waals surface area contributed by atoms with E-state index in [1.54, 1.807) is 0 Å². The van der Waals surface area contributed by atoms with Crippen molar-refractivity contribution < 1.29 is 8.42 Å². The molecule has 0 saturated heterocycles. The van der Waals surface area contributed by atoms with Crippen LogP contribution in [0.15, 0.2) is 35.9 Å². The van der Waals surface area contributed by atoms with Crippen LogP contribution < -0.4 is 5.14 Å². The van der Waals surface area contributed by atoms with Gasteiger partial charge in [0, 0.05) is 17.1 Å². The van der Waals surface area contributed by atoms with Crippen molar-refractivity contribution in [2.75, 3.05) is 0 Å². The first-order valence-corrected chi connectivity index (χ1v) is 5.93. The van der Waals surface area contributed by atoms with Crippen LogP contribution >= 0.6 is 0 Å². The molecule has 1 aromatic carbocycles. The fourth-order valence-corrected chi connectivity index (χ4v) is 1.70. The maximum atomic E-state index is 10.7. The number of aromatic amines is 1. The number of nitrogens with one attached hydrogen (secondary N) is 1. The number of benzene rings is 1. The molecule has 0 spiro atoms. The lowest BCUT2D eigenvalue weighted by atomic mass is 10.1. The zero-order valence-electron chi connectivity index (χ0n) is 7.84. The van der Waals surface area contributed by atoms with Gasteiger partial charge in [-0.15, -0.1) is 0 Å². The first kappa shape index (κ1) is 9.95. The molecule has 78 valence electrons. The van der Waals surface area contributed by atoms with E-state index in [1.165, 1.54) is 6.08 Å². The number of hydrogen-bond acceptors (Lipinski definition) is 2. The average Bonchev–Trinajstić information content (AvgIpc) is 2.60. The maximum absolute atomic E-state index is 10.7. The summed E-state index contributed by atoms with van der Waals surface area (Å²) in [6, 6.07) is 7.51. The van der Waals surface area contributed by atoms with Crippen molar-refractivity contribution in [3.63, 3.8) is 0 Å². The van der Waals surface area contributed by atoms with Crippen molar-refractivity contribution >= 4 is 27.0 Å². The fraction of sp³-hybridized carbons (Fsp3) is 0. The Morgan fingerprint density at radius 3 is 2.80 bits per heavy atom. The molecule has 0 unspecified atom stereocenters. The predicted molar refractivity (Wildman–Crippen MR) is 60.4 cm³/mol. The van der Waals surface area contributed by atoms with Crippen LogP contribution in [0.4, 0.5) is 0 Å². The van der Waals surface area contributed by atoms with E-state index in [0.717, 1.165) is 21.9 Å². The molecule has 3 N–H and O–H groups in total. The molecule has 1 aromatic heterocycles. The third-order valence-electron chi connectivity index (χ3n) is 2.03. The Balaban J connectivity index is 2.41. The number of nitrogens with two attached hydrogens (primary N) is 1. The third-order valence-corrected chi connectivity index (χ3v) is 2.54. The summed E-state index contributed by atoms with van der Waals surface area (Å²) in [4.78, 5) is 3.05. The summed E-state index contributed by atoms with van der Waals surface area (Å²) in [5.41, 5.74) is 1.82. The lowest BCUT2D eigenvalue weighted by Crippen LogP contribution is -2.06. The van der Waals surface area contributed by atoms with Crippen molar-refractivity contribution in [1.29, 1.82) is 0 Å². The van der Waals surface area contributed by atoms with Crippen LogP contribution in [0.3, 0.4) is 0 Å². The highest BCUT2D eigenvalue weighted by atomic mass is 32.2. The number of fused-ring (bicyclic) bond motifs is 1. The second kappa shape index (κ2) is 3.52. The topological polar surface area (TPSA) is 76.0 Å². The minimum atomic E-state index is -3.55. The van der Waals surface area contributed by atoms with Gasteiger partial charge in [-0.2, -0.15) is 0 Å². The normalized spacial score (nSPS) is 12.6. The van der Waals surface area contributed by atoms with Crippen LogP contribution in [0.2, 0.25) is 0 Å². The summed E-state index contributed by atoms with van der Waals surface area (Å²) in [7, 11) is -3.55. The van der Waals surface area contributed by atoms with Gasteiger partial charge in [-0.1, -0.05) is 6.07 Å². The number of rotatable bonds is 2. The molecule has 15 heavy (non-hydrogen) atoms. The first-order chi connectivity index (χ1) is 7.04. The van der Waals surface area contributed by atoms with Crippen LogP contribution in [-0.2, 0) is 10.0 Å². The van der Waals surface area contributed by atoms with E-state index in [1.807, 2.05) is 30.5 Å². The Kier molecular flexibility index (Phi) is 2.34. The molecule has 0 aliphatic rings. The minimum absolute atomic E-state index is 0.802. The Hall–Kier alpha value is -1.59. The molecular formula is C10H10N2O2S. The van der Waals surface area contributed by atoms with Gasteiger partial charge in [-0.3, -0.25) is 0 Å². The summed E-state index contributed by atoms with van der Waals surface area (Å²) in [5, 5.41) is 6.88. The van der Waals surface area contributed by atoms with Gasteiger partial charge < -0.3 is 4.98 Å². The van der Waals surface area contributed by atoms with E-state index >= 15 is 0 Å². The SMILES string of the molecule is NS(=O)(=O)/C=C/c1ccc2[nH]ccc2c1. The number of hydrogen-bond donors (Lipinski definition) is 2. The fourth-order valence-electron chi connectivity index (χ4n) is 1.35. The molecule has 5 heteroatoms. The summed E-state index contributed by atoms with van der Waals surface area (Å²) in [5.74, 6) is 0. The van der Waals surface area contributed by atoms with Crippen molar-refractivity contribution in [3.05, 3.63) is 41.4 Å². The zero-order chi connectivity index (χ0) is 10.9. The third kappa shape index (κ3) is 2.45. The smallest absolute Gasteiger partial charge is 0.231 e. The average molecular weight is 222 g/mol. The van der Waals surface area contributed by atoms with Crippen molar-refractivity contribution in [2.45, 2.75) is 0 Å². The molecule has 0 radical (unpaired) electrons. The predicted octanol–water partition coefficient (Wildman–Crippen LogP) is 1.43. The minimum Gasteiger partial charge on any atom is -0.361 e. The quantitative estimate of drug-likeness (QED) is 0.806. The molecule has 0 aliphatic carbocycles. The van der Waals surface area contributed by atoms with E-state index < -0.39 is 10.0 Å². The van der Waals surface area contributed by atoms with Gasteiger partial charge in [-0.25, -0.2) is 13.6 Å². The van der Waals surface area contributed by atoms with Gasteiger partial charge in [0.25, 0.3) is 0 Å². The Morgan fingerprint density at radius 1 is 1.27 bits per heavy atom. The summed E-state index contributed by atoms with van der Waals surface area (Å²) < 4.78 is 21.4. The van der Waals surface area contributed by atoms with Gasteiger partial charge in [0.1, 0.15) is 0 Å². The molecule has 0 saturated carbocycles. The van der Waals surface area contributed by atoms with Gasteiger partial charge >= 0.3 is 0 Å². The van der Waals surface area contributed by atoms with Gasteiger partial charge in [0.15, 0.2) is 0 Å². The van der Waals surface area contributed by atoms with Crippen molar-refractivity contribution in [3.8, 4) is 0 Å². The molecule has 0 atom stereocenters. The van der Waals surface area contributed by atoms with Crippen molar-refractivity contribution in [2.24, 2.45) is 5.14 Å². The second-order valence-corrected chi connectivity index (χ2v) is 4.67. The molecular weight excluding hydrogens is 212 g/mol. The monoisotopic (exact) mass is 222 g/mol. The molecule has 0 fully saturated rings. The van der Waals surface area contributed by atoms with E-state index in [0.29, 0.717) is 0 Å². The van der Waals surface area contributed by atoms with Crippen LogP contribution in [0.5, 0.6) is 0 Å². The van der Waals surface area contributed by atoms with Gasteiger partial charge in [-0.05, 0) is 35.2 Å². The molecule has 0 aliphatic heterocycles. The zero-order valence-corrected chi connectivity index (χ0v) is 8.66. The lowest BCUT2D eigenvalue weighted by Gasteiger charge is -1.94. The number of H-pyrrole nitrogens is 1. The molecule has 1 heterocycles. The van der Waals surface area contributed by atoms with Crippen LogP contribution in [-0.4, -0.2) is 13.4 Å². The van der Waals surface area contributed by atoms with E-state index in [2.05, 4.69) is 4.98 Å². The molecule has 0 bridgehead atoms. The van der Waals surface area contributed by atoms with Crippen LogP contribution in [0, 0.1) is 0 Å². The largest absolute Gasteiger partial charge is 0.361 e. The van der Waals surface area contributed by atoms with Crippen LogP contribution in [0.25, 0.3) is 17.0 Å². The lowest BCUT2D eigenvalue weighted by molar-refractivity contribution is 0.606. The molecule has 4 nitrogen and oxygen atoms in total. The second-order valence-electron chi connectivity index (χ2n) is 3.22. The van der Waals surface area contributed by atoms with E-state index in [4.69, 9.17) is 5.14 Å². The van der Waals surface area contributed by atoms with Gasteiger partial charge in [0.05, 0.1) is 0 Å². The first-order valence-electron chi connectivity index (χ1n) is 4.33. The highest BCUT2D eigenvalue weighted by molar-refractivity contribution is 7.92. The van der Waals surface area contributed by atoms with Crippen molar-refractivity contribution in [1.82, 2.24) is 4.98 Å². The van der Waals surface area contributed by atoms with E-state index in [9.17, 15) is 8.42 Å². The van der Waals surface area contributed by atoms with Crippen LogP contribution in [0.1, 0.15) is 5.56 Å². The Bertz CT molecular complexity index is 611. The summed E-state index contributed by atoms with van der Waals surface area (Å²) in [6.45, 7) is 0. The molecule has 2 aromatic rings. The highest BCUT2D eigenvalue weighted by Gasteiger charge is 1.96. The number of sulfonamides is 1. The van der Waals surface area contributed by atoms with Gasteiger partial charge in [0.2, 0.25) is 10.0 Å². The summed E-state index contributed by atoms with van der Waals surface area (Å²) >= 11 is 0. The number of primary sulfonamides is 1.